The van der Waals surface area contributed by atoms with E-state index in [0.717, 1.165) is 22.6 Å². The molecule has 110 valence electrons. The van der Waals surface area contributed by atoms with Gasteiger partial charge in [-0.05, 0) is 25.8 Å². The zero-order chi connectivity index (χ0) is 15.0. The quantitative estimate of drug-likeness (QED) is 0.801. The van der Waals surface area contributed by atoms with Crippen molar-refractivity contribution >= 4 is 27.4 Å². The number of fused-ring (bicyclic) bond motifs is 1. The molecule has 1 N–H and O–H groups in total. The number of rotatable bonds is 4. The Morgan fingerprint density at radius 1 is 1.38 bits per heavy atom. The van der Waals surface area contributed by atoms with Gasteiger partial charge in [0.2, 0.25) is 0 Å². The van der Waals surface area contributed by atoms with Crippen molar-refractivity contribution in [1.82, 2.24) is 19.7 Å². The van der Waals surface area contributed by atoms with E-state index in [1.807, 2.05) is 24.1 Å². The smallest absolute Gasteiger partial charge is 0.138 e. The molecule has 3 rings (SSSR count). The summed E-state index contributed by atoms with van der Waals surface area (Å²) in [5.74, 6) is 0.914. The average Bonchev–Trinajstić information content (AvgIpc) is 3.02. The van der Waals surface area contributed by atoms with Crippen molar-refractivity contribution in [3.63, 3.8) is 0 Å². The Morgan fingerprint density at radius 3 is 2.86 bits per heavy atom. The molecule has 0 aliphatic carbocycles. The second-order valence-electron chi connectivity index (χ2n) is 5.21. The van der Waals surface area contributed by atoms with Crippen molar-refractivity contribution in [2.45, 2.75) is 33.2 Å². The van der Waals surface area contributed by atoms with Crippen LogP contribution in [0, 0.1) is 6.92 Å². The largest absolute Gasteiger partial charge is 0.363 e. The zero-order valence-corrected chi connectivity index (χ0v) is 13.5. The first-order chi connectivity index (χ1) is 10.1. The minimum Gasteiger partial charge on any atom is -0.363 e. The lowest BCUT2D eigenvalue weighted by atomic mass is 10.1. The summed E-state index contributed by atoms with van der Waals surface area (Å²) in [6.07, 6.45) is 6.54. The Morgan fingerprint density at radius 2 is 2.19 bits per heavy atom. The maximum Gasteiger partial charge on any atom is 0.138 e. The van der Waals surface area contributed by atoms with E-state index in [2.05, 4.69) is 41.2 Å². The van der Waals surface area contributed by atoms with Crippen LogP contribution in [0.2, 0.25) is 0 Å². The third kappa shape index (κ3) is 2.51. The summed E-state index contributed by atoms with van der Waals surface area (Å²) in [4.78, 5) is 11.2. The number of hydrogen-bond acceptors (Lipinski definition) is 5. The van der Waals surface area contributed by atoms with E-state index in [1.165, 1.54) is 15.8 Å². The van der Waals surface area contributed by atoms with Gasteiger partial charge in [-0.15, -0.1) is 11.3 Å². The molecule has 0 aliphatic rings. The molecule has 0 saturated heterocycles. The number of aryl methyl sites for hydroxylation is 3. The third-order valence-corrected chi connectivity index (χ3v) is 4.78. The fourth-order valence-corrected chi connectivity index (χ4v) is 3.67. The van der Waals surface area contributed by atoms with E-state index < -0.39 is 0 Å². The molecule has 6 heteroatoms. The fourth-order valence-electron chi connectivity index (χ4n) is 2.59. The molecule has 0 aliphatic heterocycles. The van der Waals surface area contributed by atoms with E-state index >= 15 is 0 Å². The molecule has 0 unspecified atom stereocenters. The highest BCUT2D eigenvalue weighted by atomic mass is 32.1. The fraction of sp³-hybridized carbons (Fsp3) is 0.400. The van der Waals surface area contributed by atoms with Gasteiger partial charge in [-0.2, -0.15) is 5.10 Å². The molecular formula is C15H19N5S. The summed E-state index contributed by atoms with van der Waals surface area (Å²) in [5.41, 5.74) is 2.49. The van der Waals surface area contributed by atoms with Crippen LogP contribution in [0.3, 0.4) is 0 Å². The van der Waals surface area contributed by atoms with E-state index in [9.17, 15) is 0 Å². The van der Waals surface area contributed by atoms with Gasteiger partial charge in [-0.1, -0.05) is 6.92 Å². The molecule has 3 aromatic rings. The normalized spacial score (nSPS) is 12.8. The summed E-state index contributed by atoms with van der Waals surface area (Å²) in [6, 6.07) is 0.154. The number of aromatic nitrogens is 4. The maximum atomic E-state index is 4.46. The van der Waals surface area contributed by atoms with Crippen molar-refractivity contribution in [1.29, 1.82) is 0 Å². The van der Waals surface area contributed by atoms with Crippen molar-refractivity contribution in [2.24, 2.45) is 7.05 Å². The highest BCUT2D eigenvalue weighted by Crippen LogP contribution is 2.34. The molecule has 21 heavy (non-hydrogen) atoms. The van der Waals surface area contributed by atoms with Crippen LogP contribution in [0.5, 0.6) is 0 Å². The lowest BCUT2D eigenvalue weighted by Crippen LogP contribution is -2.08. The average molecular weight is 301 g/mol. The molecule has 5 nitrogen and oxygen atoms in total. The van der Waals surface area contributed by atoms with Crippen molar-refractivity contribution < 1.29 is 0 Å². The monoisotopic (exact) mass is 301 g/mol. The summed E-state index contributed by atoms with van der Waals surface area (Å²) in [7, 11) is 1.93. The SMILES string of the molecule is CCc1c(C)sc2ncnc(N[C@H](C)c3cnn(C)c3)c12. The van der Waals surface area contributed by atoms with Crippen molar-refractivity contribution in [3.05, 3.63) is 34.7 Å². The summed E-state index contributed by atoms with van der Waals surface area (Å²) in [6.45, 7) is 6.45. The van der Waals surface area contributed by atoms with E-state index in [1.54, 1.807) is 17.7 Å². The maximum absolute atomic E-state index is 4.46. The Kier molecular flexibility index (Phi) is 3.63. The number of anilines is 1. The first-order valence-corrected chi connectivity index (χ1v) is 7.89. The Bertz CT molecular complexity index is 774. The lowest BCUT2D eigenvalue weighted by Gasteiger charge is -2.14. The van der Waals surface area contributed by atoms with Crippen LogP contribution < -0.4 is 5.32 Å². The van der Waals surface area contributed by atoms with Crippen LogP contribution in [-0.4, -0.2) is 19.7 Å². The molecule has 0 bridgehead atoms. The van der Waals surface area contributed by atoms with Gasteiger partial charge >= 0.3 is 0 Å². The molecule has 0 amide bonds. The summed E-state index contributed by atoms with van der Waals surface area (Å²) >= 11 is 1.74. The van der Waals surface area contributed by atoms with Crippen LogP contribution in [0.4, 0.5) is 5.82 Å². The van der Waals surface area contributed by atoms with E-state index in [0.29, 0.717) is 0 Å². The van der Waals surface area contributed by atoms with Crippen LogP contribution >= 0.6 is 11.3 Å². The number of hydrogen-bond donors (Lipinski definition) is 1. The minimum atomic E-state index is 0.154. The predicted octanol–water partition coefficient (Wildman–Crippen LogP) is 3.47. The highest BCUT2D eigenvalue weighted by molar-refractivity contribution is 7.18. The van der Waals surface area contributed by atoms with Gasteiger partial charge in [0.1, 0.15) is 17.0 Å². The third-order valence-electron chi connectivity index (χ3n) is 3.72. The number of nitrogens with zero attached hydrogens (tertiary/aromatic N) is 4. The van der Waals surface area contributed by atoms with Crippen LogP contribution in [-0.2, 0) is 13.5 Å². The second-order valence-corrected chi connectivity index (χ2v) is 6.41. The summed E-state index contributed by atoms with van der Waals surface area (Å²) in [5, 5.41) is 8.90. The number of thiophene rings is 1. The molecular weight excluding hydrogens is 282 g/mol. The van der Waals surface area contributed by atoms with E-state index in [-0.39, 0.29) is 6.04 Å². The van der Waals surface area contributed by atoms with Gasteiger partial charge < -0.3 is 5.32 Å². The molecule has 3 aromatic heterocycles. The predicted molar refractivity (Wildman–Crippen MR) is 86.8 cm³/mol. The minimum absolute atomic E-state index is 0.154. The molecule has 3 heterocycles. The van der Waals surface area contributed by atoms with Gasteiger partial charge in [-0.3, -0.25) is 4.68 Å². The van der Waals surface area contributed by atoms with Crippen LogP contribution in [0.15, 0.2) is 18.7 Å². The molecule has 0 aromatic carbocycles. The van der Waals surface area contributed by atoms with Crippen molar-refractivity contribution in [3.8, 4) is 0 Å². The molecule has 0 saturated carbocycles. The highest BCUT2D eigenvalue weighted by Gasteiger charge is 2.16. The molecule has 0 spiro atoms. The second kappa shape index (κ2) is 5.44. The Labute approximate surface area is 128 Å². The van der Waals surface area contributed by atoms with Crippen LogP contribution in [0.1, 0.15) is 35.9 Å². The summed E-state index contributed by atoms with van der Waals surface area (Å²) < 4.78 is 1.81. The number of nitrogens with one attached hydrogen (secondary N) is 1. The van der Waals surface area contributed by atoms with Crippen molar-refractivity contribution in [2.75, 3.05) is 5.32 Å². The van der Waals surface area contributed by atoms with Gasteiger partial charge in [0.05, 0.1) is 17.6 Å². The zero-order valence-electron chi connectivity index (χ0n) is 12.7. The van der Waals surface area contributed by atoms with Gasteiger partial charge in [0.15, 0.2) is 0 Å². The van der Waals surface area contributed by atoms with Gasteiger partial charge in [0.25, 0.3) is 0 Å². The van der Waals surface area contributed by atoms with E-state index in [4.69, 9.17) is 0 Å². The van der Waals surface area contributed by atoms with Gasteiger partial charge in [0, 0.05) is 23.7 Å². The first kappa shape index (κ1) is 14.0. The van der Waals surface area contributed by atoms with Crippen LogP contribution in [0.25, 0.3) is 10.2 Å². The topological polar surface area (TPSA) is 55.6 Å². The first-order valence-electron chi connectivity index (χ1n) is 7.08. The molecule has 0 fully saturated rings. The lowest BCUT2D eigenvalue weighted by molar-refractivity contribution is 0.765. The Hall–Kier alpha value is -1.95. The standard InChI is InChI=1S/C15H19N5S/c1-5-12-10(3)21-15-13(12)14(16-8-17-15)19-9(2)11-6-18-20(4)7-11/h6-9H,5H2,1-4H3,(H,16,17,19)/t9-/m1/s1. The Balaban J connectivity index is 2.00. The molecule has 0 radical (unpaired) electrons. The van der Waals surface area contributed by atoms with Gasteiger partial charge in [-0.25, -0.2) is 9.97 Å². The molecule has 1 atom stereocenters.